The lowest BCUT2D eigenvalue weighted by Crippen LogP contribution is -2.30. The fourth-order valence-electron chi connectivity index (χ4n) is 1.56. The summed E-state index contributed by atoms with van der Waals surface area (Å²) in [5.74, 6) is 0. The number of aromatic nitrogens is 1. The third-order valence-corrected chi connectivity index (χ3v) is 3.71. The Bertz CT molecular complexity index is 731. The van der Waals surface area contributed by atoms with Crippen molar-refractivity contribution in [3.63, 3.8) is 0 Å². The zero-order chi connectivity index (χ0) is 14.2. The van der Waals surface area contributed by atoms with Gasteiger partial charge in [-0.1, -0.05) is 6.07 Å². The molecule has 0 N–H and O–H groups in total. The summed E-state index contributed by atoms with van der Waals surface area (Å²) in [6.07, 6.45) is 2.16. The van der Waals surface area contributed by atoms with Crippen LogP contribution in [0.25, 0.3) is 10.9 Å². The number of amides is 1. The molecule has 2 aromatic rings. The average Bonchev–Trinajstić information content (AvgIpc) is 2.70. The van der Waals surface area contributed by atoms with Gasteiger partial charge in [0, 0.05) is 31.9 Å². The van der Waals surface area contributed by atoms with E-state index in [-0.39, 0.29) is 4.90 Å². The maximum absolute atomic E-state index is 11.5. The average molecular weight is 282 g/mol. The van der Waals surface area contributed by atoms with Crippen molar-refractivity contribution in [3.8, 4) is 0 Å². The van der Waals surface area contributed by atoms with Crippen molar-refractivity contribution >= 4 is 26.8 Å². The van der Waals surface area contributed by atoms with Crippen LogP contribution in [0.1, 0.15) is 0 Å². The Hall–Kier alpha value is -2.02. The Morgan fingerprint density at radius 2 is 1.95 bits per heavy atom. The van der Waals surface area contributed by atoms with Crippen molar-refractivity contribution in [2.75, 3.05) is 20.4 Å². The van der Waals surface area contributed by atoms with Crippen molar-refractivity contribution < 1.29 is 18.0 Å². The zero-order valence-electron chi connectivity index (χ0n) is 10.8. The summed E-state index contributed by atoms with van der Waals surface area (Å²) in [5, 5.41) is 0.791. The first-order chi connectivity index (χ1) is 8.79. The molecule has 0 saturated carbocycles. The van der Waals surface area contributed by atoms with E-state index in [1.54, 1.807) is 32.4 Å². The quantitative estimate of drug-likeness (QED) is 0.828. The molecule has 1 aromatic heterocycles. The largest absolute Gasteiger partial charge is 0.434 e. The molecular weight excluding hydrogens is 268 g/mol. The Morgan fingerprint density at radius 3 is 2.53 bits per heavy atom. The molecule has 1 heterocycles. The number of rotatable bonds is 2. The van der Waals surface area contributed by atoms with E-state index in [0.717, 1.165) is 11.6 Å². The van der Waals surface area contributed by atoms with Crippen molar-refractivity contribution in [2.45, 2.75) is 4.90 Å². The molecule has 0 saturated heterocycles. The standard InChI is InChI=1S/C12H14N2O4S/c1-13(2)12(15)18-14-7-6-9-4-5-10(8-11(9)14)19(3,16)17/h4-8H,1-3H3. The van der Waals surface area contributed by atoms with Crippen LogP contribution >= 0.6 is 0 Å². The zero-order valence-corrected chi connectivity index (χ0v) is 11.6. The first-order valence-electron chi connectivity index (χ1n) is 5.50. The van der Waals surface area contributed by atoms with Crippen LogP contribution in [0.15, 0.2) is 35.4 Å². The van der Waals surface area contributed by atoms with Gasteiger partial charge >= 0.3 is 6.09 Å². The molecule has 6 nitrogen and oxygen atoms in total. The summed E-state index contributed by atoms with van der Waals surface area (Å²) in [5.41, 5.74) is 0.526. The lowest BCUT2D eigenvalue weighted by atomic mass is 10.2. The van der Waals surface area contributed by atoms with Gasteiger partial charge in [0.1, 0.15) is 0 Å². The second-order valence-electron chi connectivity index (χ2n) is 4.39. The van der Waals surface area contributed by atoms with Crippen LogP contribution in [0.3, 0.4) is 0 Å². The van der Waals surface area contributed by atoms with Gasteiger partial charge in [0.05, 0.1) is 10.4 Å². The predicted octanol–water partition coefficient (Wildman–Crippen LogP) is 1.16. The van der Waals surface area contributed by atoms with E-state index in [4.69, 9.17) is 4.84 Å². The summed E-state index contributed by atoms with van der Waals surface area (Å²) in [6, 6.07) is 6.42. The van der Waals surface area contributed by atoms with Crippen molar-refractivity contribution in [2.24, 2.45) is 0 Å². The third-order valence-electron chi connectivity index (χ3n) is 2.60. The van der Waals surface area contributed by atoms with Crippen LogP contribution in [0, 0.1) is 0 Å². The minimum absolute atomic E-state index is 0.181. The van der Waals surface area contributed by atoms with Crippen LogP contribution in [0.4, 0.5) is 4.79 Å². The molecule has 1 aromatic carbocycles. The van der Waals surface area contributed by atoms with Crippen LogP contribution in [0.2, 0.25) is 0 Å². The first kappa shape index (κ1) is 13.4. The molecule has 0 aliphatic heterocycles. The van der Waals surface area contributed by atoms with E-state index in [0.29, 0.717) is 5.52 Å². The SMILES string of the molecule is CN(C)C(=O)On1ccc2ccc(S(C)(=O)=O)cc21. The monoisotopic (exact) mass is 282 g/mol. The molecule has 0 bridgehead atoms. The van der Waals surface area contributed by atoms with Crippen molar-refractivity contribution in [3.05, 3.63) is 30.5 Å². The molecule has 0 aliphatic rings. The number of hydrogen-bond donors (Lipinski definition) is 0. The maximum Gasteiger partial charge on any atom is 0.434 e. The van der Waals surface area contributed by atoms with E-state index in [9.17, 15) is 13.2 Å². The van der Waals surface area contributed by atoms with Gasteiger partial charge in [-0.15, -0.1) is 0 Å². The van der Waals surface area contributed by atoms with Crippen molar-refractivity contribution in [1.82, 2.24) is 9.63 Å². The minimum Gasteiger partial charge on any atom is -0.317 e. The van der Waals surface area contributed by atoms with Crippen LogP contribution in [0.5, 0.6) is 0 Å². The highest BCUT2D eigenvalue weighted by atomic mass is 32.2. The van der Waals surface area contributed by atoms with Gasteiger partial charge in [0.2, 0.25) is 0 Å². The molecule has 0 atom stereocenters. The highest BCUT2D eigenvalue weighted by Crippen LogP contribution is 2.19. The van der Waals surface area contributed by atoms with Gasteiger partial charge < -0.3 is 9.74 Å². The normalized spacial score (nSPS) is 11.5. The molecule has 0 unspecified atom stereocenters. The number of benzene rings is 1. The Morgan fingerprint density at radius 1 is 1.26 bits per heavy atom. The molecule has 0 aliphatic carbocycles. The van der Waals surface area contributed by atoms with E-state index in [1.165, 1.54) is 21.8 Å². The van der Waals surface area contributed by atoms with E-state index < -0.39 is 15.9 Å². The summed E-state index contributed by atoms with van der Waals surface area (Å²) >= 11 is 0. The summed E-state index contributed by atoms with van der Waals surface area (Å²) in [7, 11) is -0.167. The topological polar surface area (TPSA) is 68.6 Å². The fourth-order valence-corrected chi connectivity index (χ4v) is 2.20. The van der Waals surface area contributed by atoms with Crippen LogP contribution in [-0.4, -0.2) is 44.5 Å². The number of fused-ring (bicyclic) bond motifs is 1. The number of hydrogen-bond acceptors (Lipinski definition) is 4. The molecule has 102 valence electrons. The highest BCUT2D eigenvalue weighted by molar-refractivity contribution is 7.90. The summed E-state index contributed by atoms with van der Waals surface area (Å²) in [4.78, 5) is 18.1. The molecule has 19 heavy (non-hydrogen) atoms. The number of nitrogens with zero attached hydrogens (tertiary/aromatic N) is 2. The number of carbonyl (C=O) groups excluding carboxylic acids is 1. The molecule has 0 radical (unpaired) electrons. The lowest BCUT2D eigenvalue weighted by Gasteiger charge is -2.11. The maximum atomic E-state index is 11.5. The van der Waals surface area contributed by atoms with Gasteiger partial charge in [0.15, 0.2) is 9.84 Å². The Labute approximate surface area is 111 Å². The fraction of sp³-hybridized carbons (Fsp3) is 0.250. The minimum atomic E-state index is -3.30. The number of sulfone groups is 1. The second kappa shape index (κ2) is 4.58. The molecule has 7 heteroatoms. The van der Waals surface area contributed by atoms with Crippen LogP contribution in [-0.2, 0) is 9.84 Å². The highest BCUT2D eigenvalue weighted by Gasteiger charge is 2.12. The van der Waals surface area contributed by atoms with E-state index in [2.05, 4.69) is 0 Å². The lowest BCUT2D eigenvalue weighted by molar-refractivity contribution is 0.112. The summed E-state index contributed by atoms with van der Waals surface area (Å²) < 4.78 is 24.3. The summed E-state index contributed by atoms with van der Waals surface area (Å²) in [6.45, 7) is 0. The Kier molecular flexibility index (Phi) is 3.23. The Balaban J connectivity index is 2.49. The van der Waals surface area contributed by atoms with Gasteiger partial charge in [0.25, 0.3) is 0 Å². The van der Waals surface area contributed by atoms with Gasteiger partial charge in [-0.05, 0) is 18.2 Å². The van der Waals surface area contributed by atoms with E-state index in [1.807, 2.05) is 0 Å². The van der Waals surface area contributed by atoms with Crippen molar-refractivity contribution in [1.29, 1.82) is 0 Å². The van der Waals surface area contributed by atoms with Crippen LogP contribution < -0.4 is 4.84 Å². The molecule has 0 spiro atoms. The predicted molar refractivity (Wildman–Crippen MR) is 70.7 cm³/mol. The molecule has 1 amide bonds. The smallest absolute Gasteiger partial charge is 0.317 e. The van der Waals surface area contributed by atoms with E-state index >= 15 is 0 Å². The second-order valence-corrected chi connectivity index (χ2v) is 6.40. The molecular formula is C12H14N2O4S. The van der Waals surface area contributed by atoms with Gasteiger partial charge in [-0.3, -0.25) is 0 Å². The number of carbonyl (C=O) groups is 1. The first-order valence-corrected chi connectivity index (χ1v) is 7.39. The molecule has 2 rings (SSSR count). The third kappa shape index (κ3) is 2.70. The van der Waals surface area contributed by atoms with Gasteiger partial charge in [-0.2, -0.15) is 4.73 Å². The van der Waals surface area contributed by atoms with Gasteiger partial charge in [-0.25, -0.2) is 13.2 Å². The molecule has 0 fully saturated rings.